The summed E-state index contributed by atoms with van der Waals surface area (Å²) in [6, 6.07) is 7.51. The van der Waals surface area contributed by atoms with Crippen molar-refractivity contribution in [3.63, 3.8) is 0 Å². The van der Waals surface area contributed by atoms with Gasteiger partial charge in [-0.3, -0.25) is 0 Å². The Kier molecular flexibility index (Phi) is 2.86. The fourth-order valence-corrected chi connectivity index (χ4v) is 2.06. The quantitative estimate of drug-likeness (QED) is 0.849. The maximum Gasteiger partial charge on any atom is 0.341 e. The molecular formula is C13H12N4O3. The number of aromatic nitrogens is 2. The minimum Gasteiger partial charge on any atom is -0.490 e. The highest BCUT2D eigenvalue weighted by molar-refractivity contribution is 5.92. The number of nitrogens with zero attached hydrogens (tertiary/aromatic N) is 3. The minimum absolute atomic E-state index is 0.0496. The van der Waals surface area contributed by atoms with Gasteiger partial charge in [-0.2, -0.15) is 4.98 Å². The Morgan fingerprint density at radius 3 is 2.95 bits per heavy atom. The molecule has 2 heterocycles. The van der Waals surface area contributed by atoms with Crippen LogP contribution in [0.4, 0.5) is 17.5 Å². The van der Waals surface area contributed by atoms with Crippen LogP contribution in [-0.4, -0.2) is 34.2 Å². The number of ether oxygens (including phenoxy) is 1. The monoisotopic (exact) mass is 272 g/mol. The van der Waals surface area contributed by atoms with Crippen molar-refractivity contribution in [3.05, 3.63) is 36.0 Å². The van der Waals surface area contributed by atoms with E-state index in [2.05, 4.69) is 9.97 Å². The third kappa shape index (κ3) is 1.99. The molecule has 2 aromatic rings. The Morgan fingerprint density at radius 1 is 1.40 bits per heavy atom. The number of rotatable bonds is 2. The van der Waals surface area contributed by atoms with Gasteiger partial charge < -0.3 is 20.5 Å². The standard InChI is InChI=1S/C13H12N4O3/c14-11-8(12(18)19)7-15-13(16-11)17-5-6-20-10-4-2-1-3-9(10)17/h1-4,7H,5-6H2,(H,18,19)(H2,14,15,16). The van der Waals surface area contributed by atoms with Crippen LogP contribution in [0.15, 0.2) is 30.5 Å². The molecule has 0 amide bonds. The predicted octanol–water partition coefficient (Wildman–Crippen LogP) is 1.29. The number of anilines is 3. The summed E-state index contributed by atoms with van der Waals surface area (Å²) in [7, 11) is 0. The van der Waals surface area contributed by atoms with Crippen molar-refractivity contribution >= 4 is 23.4 Å². The van der Waals surface area contributed by atoms with Crippen molar-refractivity contribution in [2.45, 2.75) is 0 Å². The molecule has 0 radical (unpaired) electrons. The SMILES string of the molecule is Nc1nc(N2CCOc3ccccc32)ncc1C(=O)O. The average molecular weight is 272 g/mol. The Hall–Kier alpha value is -2.83. The molecule has 0 saturated heterocycles. The maximum absolute atomic E-state index is 10.9. The fourth-order valence-electron chi connectivity index (χ4n) is 2.06. The van der Waals surface area contributed by atoms with Crippen LogP contribution < -0.4 is 15.4 Å². The molecule has 1 aliphatic rings. The van der Waals surface area contributed by atoms with Crippen molar-refractivity contribution in [1.82, 2.24) is 9.97 Å². The zero-order valence-electron chi connectivity index (χ0n) is 10.5. The molecule has 0 fully saturated rings. The Balaban J connectivity index is 2.03. The number of hydrogen-bond acceptors (Lipinski definition) is 6. The molecular weight excluding hydrogens is 260 g/mol. The van der Waals surface area contributed by atoms with E-state index >= 15 is 0 Å². The topological polar surface area (TPSA) is 102 Å². The van der Waals surface area contributed by atoms with E-state index in [1.54, 1.807) is 0 Å². The van der Waals surface area contributed by atoms with Crippen LogP contribution in [0.2, 0.25) is 0 Å². The number of benzene rings is 1. The van der Waals surface area contributed by atoms with Gasteiger partial charge in [-0.1, -0.05) is 12.1 Å². The van der Waals surface area contributed by atoms with Crippen molar-refractivity contribution in [2.24, 2.45) is 0 Å². The molecule has 3 N–H and O–H groups in total. The number of carbonyl (C=O) groups is 1. The van der Waals surface area contributed by atoms with E-state index in [1.165, 1.54) is 6.20 Å². The number of para-hydroxylation sites is 2. The second-order valence-electron chi connectivity index (χ2n) is 4.24. The van der Waals surface area contributed by atoms with Crippen LogP contribution in [0, 0.1) is 0 Å². The normalized spacial score (nSPS) is 13.5. The lowest BCUT2D eigenvalue weighted by molar-refractivity contribution is 0.0697. The fraction of sp³-hybridized carbons (Fsp3) is 0.154. The van der Waals surface area contributed by atoms with E-state index in [9.17, 15) is 4.79 Å². The molecule has 1 aromatic heterocycles. The first-order valence-corrected chi connectivity index (χ1v) is 6.02. The Labute approximate surface area is 114 Å². The molecule has 102 valence electrons. The van der Waals surface area contributed by atoms with Gasteiger partial charge in [0.15, 0.2) is 0 Å². The lowest BCUT2D eigenvalue weighted by Crippen LogP contribution is -2.30. The van der Waals surface area contributed by atoms with Crippen molar-refractivity contribution in [3.8, 4) is 5.75 Å². The van der Waals surface area contributed by atoms with E-state index in [0.717, 1.165) is 11.4 Å². The first-order valence-electron chi connectivity index (χ1n) is 6.02. The summed E-state index contributed by atoms with van der Waals surface area (Å²) >= 11 is 0. The summed E-state index contributed by atoms with van der Waals surface area (Å²) in [4.78, 5) is 20.9. The summed E-state index contributed by atoms with van der Waals surface area (Å²) in [6.45, 7) is 1.07. The van der Waals surface area contributed by atoms with Crippen molar-refractivity contribution in [1.29, 1.82) is 0 Å². The highest BCUT2D eigenvalue weighted by atomic mass is 16.5. The summed E-state index contributed by atoms with van der Waals surface area (Å²) in [6.07, 6.45) is 1.22. The summed E-state index contributed by atoms with van der Waals surface area (Å²) in [5.41, 5.74) is 6.39. The molecule has 0 atom stereocenters. The summed E-state index contributed by atoms with van der Waals surface area (Å²) < 4.78 is 5.54. The van der Waals surface area contributed by atoms with Crippen molar-refractivity contribution < 1.29 is 14.6 Å². The Bertz CT molecular complexity index is 674. The van der Waals surface area contributed by atoms with Gasteiger partial charge in [0.25, 0.3) is 0 Å². The predicted molar refractivity (Wildman–Crippen MR) is 72.3 cm³/mol. The van der Waals surface area contributed by atoms with Crippen LogP contribution in [0.3, 0.4) is 0 Å². The molecule has 3 rings (SSSR count). The van der Waals surface area contributed by atoms with Gasteiger partial charge in [-0.25, -0.2) is 9.78 Å². The molecule has 0 bridgehead atoms. The number of carboxylic acids is 1. The molecule has 0 aliphatic carbocycles. The number of carboxylic acid groups (broad SMARTS) is 1. The van der Waals surface area contributed by atoms with Crippen molar-refractivity contribution in [2.75, 3.05) is 23.8 Å². The first kappa shape index (κ1) is 12.2. The smallest absolute Gasteiger partial charge is 0.341 e. The van der Waals surface area contributed by atoms with E-state index in [-0.39, 0.29) is 11.4 Å². The first-order chi connectivity index (χ1) is 9.66. The molecule has 7 heteroatoms. The number of hydrogen-bond donors (Lipinski definition) is 2. The molecule has 0 unspecified atom stereocenters. The number of aromatic carboxylic acids is 1. The summed E-state index contributed by atoms with van der Waals surface area (Å²) in [5.74, 6) is -0.0885. The number of nitrogens with two attached hydrogens (primary N) is 1. The second-order valence-corrected chi connectivity index (χ2v) is 4.24. The van der Waals surface area contributed by atoms with Gasteiger partial charge in [0.1, 0.15) is 23.7 Å². The third-order valence-electron chi connectivity index (χ3n) is 3.01. The molecule has 20 heavy (non-hydrogen) atoms. The molecule has 1 aliphatic heterocycles. The maximum atomic E-state index is 10.9. The lowest BCUT2D eigenvalue weighted by Gasteiger charge is -2.29. The number of fused-ring (bicyclic) bond motifs is 1. The molecule has 0 saturated carbocycles. The van der Waals surface area contributed by atoms with Gasteiger partial charge in [-0.05, 0) is 12.1 Å². The zero-order chi connectivity index (χ0) is 14.1. The van der Waals surface area contributed by atoms with Crippen LogP contribution in [-0.2, 0) is 0 Å². The molecule has 7 nitrogen and oxygen atoms in total. The lowest BCUT2D eigenvalue weighted by atomic mass is 10.2. The Morgan fingerprint density at radius 2 is 2.20 bits per heavy atom. The van der Waals surface area contributed by atoms with E-state index in [4.69, 9.17) is 15.6 Å². The van der Waals surface area contributed by atoms with Crippen LogP contribution >= 0.6 is 0 Å². The van der Waals surface area contributed by atoms with Gasteiger partial charge >= 0.3 is 5.97 Å². The number of nitrogen functional groups attached to an aromatic ring is 1. The van der Waals surface area contributed by atoms with Crippen LogP contribution in [0.25, 0.3) is 0 Å². The average Bonchev–Trinajstić information content (AvgIpc) is 2.46. The third-order valence-corrected chi connectivity index (χ3v) is 3.01. The van der Waals surface area contributed by atoms with Gasteiger partial charge in [-0.15, -0.1) is 0 Å². The van der Waals surface area contributed by atoms with Crippen LogP contribution in [0.1, 0.15) is 10.4 Å². The second kappa shape index (κ2) is 4.69. The van der Waals surface area contributed by atoms with E-state index < -0.39 is 5.97 Å². The highest BCUT2D eigenvalue weighted by Crippen LogP contribution is 2.34. The molecule has 0 spiro atoms. The summed E-state index contributed by atoms with van der Waals surface area (Å²) in [5, 5.41) is 8.93. The minimum atomic E-state index is -1.14. The van der Waals surface area contributed by atoms with Gasteiger partial charge in [0.2, 0.25) is 5.95 Å². The van der Waals surface area contributed by atoms with Crippen LogP contribution in [0.5, 0.6) is 5.75 Å². The van der Waals surface area contributed by atoms with Gasteiger partial charge in [0.05, 0.1) is 12.2 Å². The van der Waals surface area contributed by atoms with E-state index in [1.807, 2.05) is 29.2 Å². The zero-order valence-corrected chi connectivity index (χ0v) is 10.5. The highest BCUT2D eigenvalue weighted by Gasteiger charge is 2.22. The van der Waals surface area contributed by atoms with E-state index in [0.29, 0.717) is 19.1 Å². The molecule has 1 aromatic carbocycles. The largest absolute Gasteiger partial charge is 0.490 e. The van der Waals surface area contributed by atoms with Gasteiger partial charge in [0, 0.05) is 6.20 Å².